The SMILES string of the molecule is CN1CCN(Cc2[nH]c3c(=O)n(C)cc4c3c2CN(c2ccc(Cl)cc2)c2ccccc2-4)CC1. The number of halogens is 1. The Labute approximate surface area is 204 Å². The molecule has 4 heterocycles. The number of benzene rings is 2. The number of aromatic nitrogens is 2. The van der Waals surface area contributed by atoms with Crippen molar-refractivity contribution in [1.29, 1.82) is 0 Å². The highest BCUT2D eigenvalue weighted by Crippen LogP contribution is 2.44. The van der Waals surface area contributed by atoms with Gasteiger partial charge in [0.2, 0.25) is 0 Å². The number of H-pyrrole nitrogens is 1. The standard InChI is InChI=1S/C27H28ClN5O/c1-30-11-13-32(14-12-30)17-23-22-16-33(19-9-7-18(28)8-10-19)24-6-4-3-5-20(24)21-15-31(2)27(34)26(29-23)25(21)22/h3-10,15,29H,11-14,16-17H2,1-2H3. The largest absolute Gasteiger partial charge is 0.352 e. The van der Waals surface area contributed by atoms with Crippen LogP contribution in [0, 0.1) is 0 Å². The average Bonchev–Trinajstić information content (AvgIpc) is 3.12. The van der Waals surface area contributed by atoms with Gasteiger partial charge >= 0.3 is 0 Å². The number of fused-ring (bicyclic) bond motifs is 2. The molecule has 0 unspecified atom stereocenters. The Kier molecular flexibility index (Phi) is 5.25. The summed E-state index contributed by atoms with van der Waals surface area (Å²) < 4.78 is 1.70. The minimum absolute atomic E-state index is 0.0158. The van der Waals surface area contributed by atoms with Gasteiger partial charge in [0.05, 0.1) is 6.54 Å². The van der Waals surface area contributed by atoms with Gasteiger partial charge in [0.1, 0.15) is 5.52 Å². The van der Waals surface area contributed by atoms with Gasteiger partial charge < -0.3 is 19.4 Å². The molecule has 2 aromatic heterocycles. The summed E-state index contributed by atoms with van der Waals surface area (Å²) >= 11 is 6.21. The number of rotatable bonds is 3. The fraction of sp³-hybridized carbons (Fsp3) is 0.296. The molecule has 2 aliphatic heterocycles. The Morgan fingerprint density at radius 1 is 0.941 bits per heavy atom. The molecule has 7 heteroatoms. The fourth-order valence-electron chi connectivity index (χ4n) is 5.32. The van der Waals surface area contributed by atoms with Crippen molar-refractivity contribution < 1.29 is 0 Å². The van der Waals surface area contributed by atoms with E-state index in [9.17, 15) is 4.79 Å². The number of piperazine rings is 1. The monoisotopic (exact) mass is 473 g/mol. The van der Waals surface area contributed by atoms with Crippen molar-refractivity contribution in [2.24, 2.45) is 7.05 Å². The molecule has 34 heavy (non-hydrogen) atoms. The maximum absolute atomic E-state index is 13.2. The molecule has 1 saturated heterocycles. The van der Waals surface area contributed by atoms with Crippen molar-refractivity contribution in [1.82, 2.24) is 19.4 Å². The van der Waals surface area contributed by atoms with Crippen molar-refractivity contribution in [2.45, 2.75) is 13.1 Å². The molecule has 1 N–H and O–H groups in total. The summed E-state index contributed by atoms with van der Waals surface area (Å²) in [5, 5.41) is 1.77. The topological polar surface area (TPSA) is 47.5 Å². The van der Waals surface area contributed by atoms with Crippen molar-refractivity contribution >= 4 is 33.9 Å². The van der Waals surface area contributed by atoms with Crippen LogP contribution < -0.4 is 10.5 Å². The first-order valence-electron chi connectivity index (χ1n) is 11.8. The van der Waals surface area contributed by atoms with Gasteiger partial charge in [-0.05, 0) is 37.4 Å². The predicted molar refractivity (Wildman–Crippen MR) is 139 cm³/mol. The number of nitrogens with zero attached hydrogens (tertiary/aromatic N) is 4. The molecule has 0 aliphatic carbocycles. The Hall–Kier alpha value is -3.06. The van der Waals surface area contributed by atoms with E-state index < -0.39 is 0 Å². The maximum Gasteiger partial charge on any atom is 0.274 e. The van der Waals surface area contributed by atoms with Crippen molar-refractivity contribution in [3.8, 4) is 11.1 Å². The molecular weight excluding hydrogens is 446 g/mol. The van der Waals surface area contributed by atoms with Crippen LogP contribution in [-0.2, 0) is 20.1 Å². The van der Waals surface area contributed by atoms with E-state index in [-0.39, 0.29) is 5.56 Å². The number of para-hydroxylation sites is 1. The lowest BCUT2D eigenvalue weighted by Crippen LogP contribution is -2.44. The van der Waals surface area contributed by atoms with Gasteiger partial charge in [0.25, 0.3) is 5.56 Å². The molecule has 174 valence electrons. The number of pyridine rings is 1. The van der Waals surface area contributed by atoms with Crippen LogP contribution in [-0.4, -0.2) is 52.6 Å². The van der Waals surface area contributed by atoms with Gasteiger partial charge in [0, 0.05) is 90.1 Å². The van der Waals surface area contributed by atoms with Crippen LogP contribution in [0.3, 0.4) is 0 Å². The first kappa shape index (κ1) is 21.5. The number of nitrogens with one attached hydrogen (secondary N) is 1. The van der Waals surface area contributed by atoms with E-state index >= 15 is 0 Å². The number of hydrogen-bond acceptors (Lipinski definition) is 4. The smallest absolute Gasteiger partial charge is 0.274 e. The van der Waals surface area contributed by atoms with Gasteiger partial charge in [-0.25, -0.2) is 0 Å². The van der Waals surface area contributed by atoms with Crippen LogP contribution in [0.1, 0.15) is 11.3 Å². The van der Waals surface area contributed by atoms with E-state index in [1.807, 2.05) is 25.4 Å². The van der Waals surface area contributed by atoms with E-state index in [1.165, 1.54) is 5.56 Å². The van der Waals surface area contributed by atoms with Gasteiger partial charge in [-0.3, -0.25) is 9.69 Å². The number of anilines is 2. The zero-order valence-electron chi connectivity index (χ0n) is 19.5. The molecule has 0 bridgehead atoms. The fourth-order valence-corrected chi connectivity index (χ4v) is 5.44. The second-order valence-corrected chi connectivity index (χ2v) is 9.89. The molecule has 2 aliphatic rings. The summed E-state index contributed by atoms with van der Waals surface area (Å²) in [6.07, 6.45) is 1.99. The highest BCUT2D eigenvalue weighted by Gasteiger charge is 2.28. The third-order valence-corrected chi connectivity index (χ3v) is 7.49. The first-order chi connectivity index (χ1) is 16.5. The second kappa shape index (κ2) is 8.31. The Bertz CT molecular complexity index is 1430. The first-order valence-corrected chi connectivity index (χ1v) is 12.1. The van der Waals surface area contributed by atoms with E-state index in [2.05, 4.69) is 63.1 Å². The van der Waals surface area contributed by atoms with Crippen LogP contribution in [0.15, 0.2) is 59.5 Å². The van der Waals surface area contributed by atoms with Crippen LogP contribution in [0.25, 0.3) is 22.0 Å². The second-order valence-electron chi connectivity index (χ2n) is 9.45. The van der Waals surface area contributed by atoms with Gasteiger partial charge in [-0.2, -0.15) is 0 Å². The lowest BCUT2D eigenvalue weighted by atomic mass is 10.0. The minimum Gasteiger partial charge on any atom is -0.352 e. The summed E-state index contributed by atoms with van der Waals surface area (Å²) in [5.41, 5.74) is 7.49. The molecule has 0 spiro atoms. The molecule has 0 saturated carbocycles. The number of aryl methyl sites for hydroxylation is 1. The van der Waals surface area contributed by atoms with Gasteiger partial charge in [0.15, 0.2) is 0 Å². The van der Waals surface area contributed by atoms with Crippen molar-refractivity contribution in [2.75, 3.05) is 38.1 Å². The van der Waals surface area contributed by atoms with E-state index in [1.54, 1.807) is 4.57 Å². The molecule has 0 amide bonds. The third-order valence-electron chi connectivity index (χ3n) is 7.24. The van der Waals surface area contributed by atoms with Crippen LogP contribution in [0.4, 0.5) is 11.4 Å². The van der Waals surface area contributed by atoms with Crippen LogP contribution in [0.2, 0.25) is 5.02 Å². The molecule has 6 rings (SSSR count). The highest BCUT2D eigenvalue weighted by atomic mass is 35.5. The number of aromatic amines is 1. The molecule has 1 fully saturated rings. The maximum atomic E-state index is 13.2. The number of likely N-dealkylation sites (N-methyl/N-ethyl adjacent to an activating group) is 1. The Morgan fingerprint density at radius 3 is 2.44 bits per heavy atom. The summed E-state index contributed by atoms with van der Waals surface area (Å²) in [4.78, 5) is 24.0. The molecule has 4 aromatic rings. The van der Waals surface area contributed by atoms with Crippen molar-refractivity contribution in [3.63, 3.8) is 0 Å². The van der Waals surface area contributed by atoms with Gasteiger partial charge in [-0.15, -0.1) is 0 Å². The molecule has 2 aromatic carbocycles. The molecule has 0 radical (unpaired) electrons. The zero-order valence-corrected chi connectivity index (χ0v) is 20.3. The third kappa shape index (κ3) is 3.54. The summed E-state index contributed by atoms with van der Waals surface area (Å²) in [5.74, 6) is 0. The minimum atomic E-state index is 0.0158. The molecular formula is C27H28ClN5O. The summed E-state index contributed by atoms with van der Waals surface area (Å²) in [7, 11) is 4.01. The van der Waals surface area contributed by atoms with E-state index in [0.717, 1.165) is 71.3 Å². The Morgan fingerprint density at radius 2 is 1.68 bits per heavy atom. The average molecular weight is 474 g/mol. The summed E-state index contributed by atoms with van der Waals surface area (Å²) in [6.45, 7) is 5.66. The van der Waals surface area contributed by atoms with Crippen molar-refractivity contribution in [3.05, 3.63) is 81.4 Å². The van der Waals surface area contributed by atoms with E-state index in [4.69, 9.17) is 11.6 Å². The summed E-state index contributed by atoms with van der Waals surface area (Å²) in [6, 6.07) is 16.5. The molecule has 6 nitrogen and oxygen atoms in total. The van der Waals surface area contributed by atoms with Crippen LogP contribution in [0.5, 0.6) is 0 Å². The quantitative estimate of drug-likeness (QED) is 0.473. The predicted octanol–water partition coefficient (Wildman–Crippen LogP) is 4.59. The lowest BCUT2D eigenvalue weighted by molar-refractivity contribution is 0.147. The van der Waals surface area contributed by atoms with E-state index in [0.29, 0.717) is 12.1 Å². The molecule has 0 atom stereocenters. The zero-order chi connectivity index (χ0) is 23.4. The number of hydrogen-bond donors (Lipinski definition) is 1. The lowest BCUT2D eigenvalue weighted by Gasteiger charge is -2.32. The Balaban J connectivity index is 1.56. The normalized spacial score (nSPS) is 16.6. The highest BCUT2D eigenvalue weighted by molar-refractivity contribution is 6.30. The van der Waals surface area contributed by atoms with Gasteiger partial charge in [-0.1, -0.05) is 29.8 Å². The van der Waals surface area contributed by atoms with Crippen LogP contribution >= 0.6 is 11.6 Å².